The third kappa shape index (κ3) is 4.24. The molecular weight excluding hydrogens is 300 g/mol. The van der Waals surface area contributed by atoms with Crippen LogP contribution in [0.3, 0.4) is 0 Å². The van der Waals surface area contributed by atoms with Gasteiger partial charge in [-0.05, 0) is 25.3 Å². The highest BCUT2D eigenvalue weighted by Gasteiger charge is 2.20. The van der Waals surface area contributed by atoms with Crippen LogP contribution in [0, 0.1) is 0 Å². The van der Waals surface area contributed by atoms with Gasteiger partial charge in [0.25, 0.3) is 15.0 Å². The fourth-order valence-electron chi connectivity index (χ4n) is 1.99. The molecule has 1 heterocycles. The van der Waals surface area contributed by atoms with Gasteiger partial charge in [0, 0.05) is 29.5 Å². The van der Waals surface area contributed by atoms with Crippen LogP contribution in [0.1, 0.15) is 50.5 Å². The average molecular weight is 321 g/mol. The summed E-state index contributed by atoms with van der Waals surface area (Å²) in [5.41, 5.74) is 0.331. The molecule has 0 fully saturated rings. The molecule has 0 aliphatic rings. The van der Waals surface area contributed by atoms with Gasteiger partial charge < -0.3 is 9.88 Å². The van der Waals surface area contributed by atoms with Crippen LogP contribution in [-0.2, 0) is 15.6 Å². The molecule has 114 valence electrons. The maximum absolute atomic E-state index is 12.2. The SMILES string of the molecule is CCCn1cc(S(=O)(=O)Cl)cc1C(=O)NC(CC)CC. The number of halogens is 1. The molecule has 0 unspecified atom stereocenters. The summed E-state index contributed by atoms with van der Waals surface area (Å²) in [4.78, 5) is 12.2. The van der Waals surface area contributed by atoms with Crippen LogP contribution < -0.4 is 5.32 Å². The van der Waals surface area contributed by atoms with E-state index in [1.54, 1.807) is 4.57 Å². The van der Waals surface area contributed by atoms with Crippen molar-refractivity contribution in [1.29, 1.82) is 0 Å². The van der Waals surface area contributed by atoms with Crippen molar-refractivity contribution in [2.45, 2.75) is 57.5 Å². The highest BCUT2D eigenvalue weighted by molar-refractivity contribution is 8.13. The Bertz CT molecular complexity index is 562. The smallest absolute Gasteiger partial charge is 0.268 e. The third-order valence-corrected chi connectivity index (χ3v) is 4.49. The van der Waals surface area contributed by atoms with Crippen LogP contribution in [0.5, 0.6) is 0 Å². The lowest BCUT2D eigenvalue weighted by Crippen LogP contribution is -2.35. The Morgan fingerprint density at radius 1 is 1.35 bits per heavy atom. The molecule has 0 radical (unpaired) electrons. The maximum Gasteiger partial charge on any atom is 0.268 e. The number of aryl methyl sites for hydroxylation is 1. The number of nitrogens with zero attached hydrogens (tertiary/aromatic N) is 1. The van der Waals surface area contributed by atoms with Gasteiger partial charge in [0.2, 0.25) is 0 Å². The molecule has 0 aliphatic heterocycles. The number of hydrogen-bond acceptors (Lipinski definition) is 3. The van der Waals surface area contributed by atoms with E-state index in [4.69, 9.17) is 10.7 Å². The molecule has 0 atom stereocenters. The van der Waals surface area contributed by atoms with Gasteiger partial charge >= 0.3 is 0 Å². The molecule has 1 amide bonds. The third-order valence-electron chi connectivity index (χ3n) is 3.17. The molecule has 5 nitrogen and oxygen atoms in total. The monoisotopic (exact) mass is 320 g/mol. The summed E-state index contributed by atoms with van der Waals surface area (Å²) in [6.45, 7) is 6.51. The fraction of sp³-hybridized carbons (Fsp3) is 0.615. The van der Waals surface area contributed by atoms with Crippen molar-refractivity contribution < 1.29 is 13.2 Å². The van der Waals surface area contributed by atoms with Gasteiger partial charge in [0.05, 0.1) is 0 Å². The van der Waals surface area contributed by atoms with E-state index < -0.39 is 9.05 Å². The van der Waals surface area contributed by atoms with Crippen molar-refractivity contribution in [3.05, 3.63) is 18.0 Å². The summed E-state index contributed by atoms with van der Waals surface area (Å²) in [6, 6.07) is 1.42. The summed E-state index contributed by atoms with van der Waals surface area (Å²) in [6.07, 6.45) is 3.87. The van der Waals surface area contributed by atoms with E-state index in [0.29, 0.717) is 12.2 Å². The maximum atomic E-state index is 12.2. The highest BCUT2D eigenvalue weighted by Crippen LogP contribution is 2.19. The predicted octanol–water partition coefficient (Wildman–Crippen LogP) is 2.74. The number of carbonyl (C=O) groups excluding carboxylic acids is 1. The van der Waals surface area contributed by atoms with E-state index in [0.717, 1.165) is 19.3 Å². The quantitative estimate of drug-likeness (QED) is 0.785. The Labute approximate surface area is 124 Å². The predicted molar refractivity (Wildman–Crippen MR) is 79.6 cm³/mol. The van der Waals surface area contributed by atoms with Gasteiger partial charge in [-0.2, -0.15) is 0 Å². The molecule has 0 saturated heterocycles. The Hall–Kier alpha value is -1.01. The zero-order chi connectivity index (χ0) is 15.3. The highest BCUT2D eigenvalue weighted by atomic mass is 35.7. The van der Waals surface area contributed by atoms with Crippen LogP contribution in [0.2, 0.25) is 0 Å². The standard InChI is InChI=1S/C13H21ClN2O3S/c1-4-7-16-9-11(20(14,18)19)8-12(16)13(17)15-10(5-2)6-3/h8-10H,4-7H2,1-3H3,(H,15,17). The molecule has 7 heteroatoms. The first-order valence-electron chi connectivity index (χ1n) is 6.79. The molecule has 1 N–H and O–H groups in total. The van der Waals surface area contributed by atoms with Crippen molar-refractivity contribution >= 4 is 25.6 Å². The molecule has 0 saturated carbocycles. The lowest BCUT2D eigenvalue weighted by Gasteiger charge is -2.15. The van der Waals surface area contributed by atoms with Crippen molar-refractivity contribution in [1.82, 2.24) is 9.88 Å². The Kier molecular flexibility index (Phi) is 6.07. The van der Waals surface area contributed by atoms with Crippen molar-refractivity contribution in [3.8, 4) is 0 Å². The van der Waals surface area contributed by atoms with Gasteiger partial charge in [-0.3, -0.25) is 4.79 Å². The van der Waals surface area contributed by atoms with Gasteiger partial charge in [-0.15, -0.1) is 0 Å². The first-order valence-corrected chi connectivity index (χ1v) is 9.10. The molecule has 1 aromatic heterocycles. The number of amides is 1. The topological polar surface area (TPSA) is 68.2 Å². The van der Waals surface area contributed by atoms with Gasteiger partial charge in [-0.1, -0.05) is 20.8 Å². The summed E-state index contributed by atoms with van der Waals surface area (Å²) in [5.74, 6) is -0.265. The second kappa shape index (κ2) is 7.13. The van der Waals surface area contributed by atoms with Crippen LogP contribution in [-0.4, -0.2) is 24.9 Å². The minimum atomic E-state index is -3.82. The molecular formula is C13H21ClN2O3S. The first kappa shape index (κ1) is 17.0. The summed E-state index contributed by atoms with van der Waals surface area (Å²) < 4.78 is 24.4. The largest absolute Gasteiger partial charge is 0.348 e. The zero-order valence-electron chi connectivity index (χ0n) is 12.0. The lowest BCUT2D eigenvalue weighted by molar-refractivity contribution is 0.0925. The van der Waals surface area contributed by atoms with Crippen LogP contribution in [0.25, 0.3) is 0 Å². The summed E-state index contributed by atoms with van der Waals surface area (Å²) in [7, 11) is 1.51. The number of hydrogen-bond donors (Lipinski definition) is 1. The van der Waals surface area contributed by atoms with Gasteiger partial charge in [0.15, 0.2) is 0 Å². The summed E-state index contributed by atoms with van der Waals surface area (Å²) >= 11 is 0. The van der Waals surface area contributed by atoms with E-state index in [1.165, 1.54) is 12.3 Å². The second-order valence-corrected chi connectivity index (χ2v) is 7.25. The van der Waals surface area contributed by atoms with Gasteiger partial charge in [-0.25, -0.2) is 8.42 Å². The number of nitrogens with one attached hydrogen (secondary N) is 1. The number of aromatic nitrogens is 1. The van der Waals surface area contributed by atoms with E-state index in [1.807, 2.05) is 20.8 Å². The zero-order valence-corrected chi connectivity index (χ0v) is 13.6. The van der Waals surface area contributed by atoms with E-state index in [9.17, 15) is 13.2 Å². The van der Waals surface area contributed by atoms with Crippen LogP contribution in [0.15, 0.2) is 17.2 Å². The lowest BCUT2D eigenvalue weighted by atomic mass is 10.1. The number of carbonyl (C=O) groups is 1. The first-order chi connectivity index (χ1) is 9.33. The van der Waals surface area contributed by atoms with E-state index >= 15 is 0 Å². The van der Waals surface area contributed by atoms with Crippen LogP contribution in [0.4, 0.5) is 0 Å². The van der Waals surface area contributed by atoms with Crippen molar-refractivity contribution in [2.75, 3.05) is 0 Å². The molecule has 0 aliphatic carbocycles. The molecule has 0 bridgehead atoms. The molecule has 20 heavy (non-hydrogen) atoms. The average Bonchev–Trinajstić information content (AvgIpc) is 2.80. The number of rotatable bonds is 7. The molecule has 1 aromatic rings. The van der Waals surface area contributed by atoms with Crippen molar-refractivity contribution in [2.24, 2.45) is 0 Å². The minimum absolute atomic E-state index is 0.0395. The molecule has 0 spiro atoms. The van der Waals surface area contributed by atoms with E-state index in [-0.39, 0.29) is 16.8 Å². The van der Waals surface area contributed by atoms with Crippen molar-refractivity contribution in [3.63, 3.8) is 0 Å². The Morgan fingerprint density at radius 2 is 1.95 bits per heavy atom. The summed E-state index contributed by atoms with van der Waals surface area (Å²) in [5, 5.41) is 2.90. The second-order valence-electron chi connectivity index (χ2n) is 4.68. The van der Waals surface area contributed by atoms with E-state index in [2.05, 4.69) is 5.32 Å². The molecule has 1 rings (SSSR count). The minimum Gasteiger partial charge on any atom is -0.348 e. The Morgan fingerprint density at radius 3 is 2.40 bits per heavy atom. The normalized spacial score (nSPS) is 11.8. The van der Waals surface area contributed by atoms with Crippen LogP contribution >= 0.6 is 10.7 Å². The Balaban J connectivity index is 3.09. The fourth-order valence-corrected chi connectivity index (χ4v) is 2.74. The molecule has 0 aromatic carbocycles. The van der Waals surface area contributed by atoms with Gasteiger partial charge in [0.1, 0.15) is 10.6 Å².